The molecule has 1 aromatic heterocycles. The Morgan fingerprint density at radius 1 is 1.41 bits per heavy atom. The van der Waals surface area contributed by atoms with E-state index in [4.69, 9.17) is 0 Å². The number of aromatic nitrogens is 2. The minimum absolute atomic E-state index is 0.0776. The van der Waals surface area contributed by atoms with Crippen molar-refractivity contribution < 1.29 is 14.7 Å². The van der Waals surface area contributed by atoms with Gasteiger partial charge in [-0.15, -0.1) is 0 Å². The van der Waals surface area contributed by atoms with Gasteiger partial charge in [0.15, 0.2) is 0 Å². The van der Waals surface area contributed by atoms with Crippen molar-refractivity contribution in [3.8, 4) is 0 Å². The first-order valence-corrected chi connectivity index (χ1v) is 7.43. The molecular formula is C16H19N3O3. The molecule has 1 aromatic carbocycles. The molecule has 2 N–H and O–H groups in total. The number of carbonyl (C=O) groups is 2. The fourth-order valence-corrected chi connectivity index (χ4v) is 2.97. The maximum Gasteiger partial charge on any atom is 0.311 e. The highest BCUT2D eigenvalue weighted by molar-refractivity contribution is 5.82. The normalized spacial score (nSPS) is 22.0. The lowest BCUT2D eigenvalue weighted by molar-refractivity contribution is -0.153. The first-order chi connectivity index (χ1) is 10.5. The molecule has 2 heterocycles. The van der Waals surface area contributed by atoms with Crippen molar-refractivity contribution in [2.75, 3.05) is 13.1 Å². The predicted molar refractivity (Wildman–Crippen MR) is 81.4 cm³/mol. The highest BCUT2D eigenvalue weighted by atomic mass is 16.4. The van der Waals surface area contributed by atoms with Crippen LogP contribution in [0.1, 0.15) is 25.6 Å². The number of amides is 1. The highest BCUT2D eigenvalue weighted by Gasteiger charge is 2.39. The van der Waals surface area contributed by atoms with E-state index in [1.807, 2.05) is 24.3 Å². The zero-order chi connectivity index (χ0) is 15.7. The van der Waals surface area contributed by atoms with E-state index in [1.54, 1.807) is 11.8 Å². The third-order valence-electron chi connectivity index (χ3n) is 4.32. The van der Waals surface area contributed by atoms with Crippen molar-refractivity contribution >= 4 is 22.9 Å². The van der Waals surface area contributed by atoms with E-state index in [0.29, 0.717) is 25.2 Å². The zero-order valence-electron chi connectivity index (χ0n) is 12.5. The van der Waals surface area contributed by atoms with Crippen molar-refractivity contribution in [1.82, 2.24) is 14.9 Å². The number of benzene rings is 1. The number of aliphatic carboxylic acids is 1. The molecule has 0 aliphatic carbocycles. The number of likely N-dealkylation sites (tertiary alicyclic amines) is 1. The molecule has 2 aromatic rings. The maximum atomic E-state index is 12.4. The van der Waals surface area contributed by atoms with E-state index >= 15 is 0 Å². The van der Waals surface area contributed by atoms with Gasteiger partial charge in [-0.25, -0.2) is 4.98 Å². The van der Waals surface area contributed by atoms with Crippen LogP contribution in [0.15, 0.2) is 24.3 Å². The summed E-state index contributed by atoms with van der Waals surface area (Å²) in [4.78, 5) is 33.0. The first-order valence-electron chi connectivity index (χ1n) is 7.43. The van der Waals surface area contributed by atoms with Gasteiger partial charge in [0.05, 0.1) is 22.9 Å². The number of H-pyrrole nitrogens is 1. The number of imidazole rings is 1. The van der Waals surface area contributed by atoms with Gasteiger partial charge in [-0.1, -0.05) is 12.1 Å². The fourth-order valence-electron chi connectivity index (χ4n) is 2.97. The molecule has 1 fully saturated rings. The lowest BCUT2D eigenvalue weighted by atomic mass is 9.82. The summed E-state index contributed by atoms with van der Waals surface area (Å²) in [7, 11) is 0. The van der Waals surface area contributed by atoms with Gasteiger partial charge in [0.25, 0.3) is 0 Å². The van der Waals surface area contributed by atoms with Crippen molar-refractivity contribution in [2.45, 2.75) is 26.2 Å². The lowest BCUT2D eigenvalue weighted by Gasteiger charge is -2.37. The molecular weight excluding hydrogens is 282 g/mol. The second kappa shape index (κ2) is 5.44. The number of nitrogens with one attached hydrogen (secondary N) is 1. The Bertz CT molecular complexity index is 691. The molecule has 3 rings (SSSR count). The number of aromatic amines is 1. The van der Waals surface area contributed by atoms with Crippen molar-refractivity contribution in [2.24, 2.45) is 5.41 Å². The number of para-hydroxylation sites is 2. The fraction of sp³-hybridized carbons (Fsp3) is 0.438. The van der Waals surface area contributed by atoms with E-state index in [1.165, 1.54) is 0 Å². The largest absolute Gasteiger partial charge is 0.481 e. The molecule has 0 radical (unpaired) electrons. The van der Waals surface area contributed by atoms with E-state index in [9.17, 15) is 14.7 Å². The average Bonchev–Trinajstić information content (AvgIpc) is 2.89. The zero-order valence-corrected chi connectivity index (χ0v) is 12.5. The van der Waals surface area contributed by atoms with Crippen molar-refractivity contribution in [3.05, 3.63) is 30.1 Å². The molecule has 1 amide bonds. The van der Waals surface area contributed by atoms with Gasteiger partial charge in [0, 0.05) is 13.1 Å². The molecule has 0 saturated carbocycles. The summed E-state index contributed by atoms with van der Waals surface area (Å²) in [6.07, 6.45) is 1.50. The SMILES string of the molecule is C[C@@]1(C(=O)O)CCCN(C(=O)Cc2nc3ccccc3[nH]2)C1. The van der Waals surface area contributed by atoms with Crippen LogP contribution in [0, 0.1) is 5.41 Å². The van der Waals surface area contributed by atoms with Crippen molar-refractivity contribution in [1.29, 1.82) is 0 Å². The van der Waals surface area contributed by atoms with E-state index in [2.05, 4.69) is 9.97 Å². The van der Waals surface area contributed by atoms with Crippen LogP contribution in [0.5, 0.6) is 0 Å². The third kappa shape index (κ3) is 2.68. The Kier molecular flexibility index (Phi) is 3.60. The second-order valence-corrected chi connectivity index (χ2v) is 6.16. The molecule has 0 unspecified atom stereocenters. The average molecular weight is 301 g/mol. The Balaban J connectivity index is 1.72. The van der Waals surface area contributed by atoms with Crippen LogP contribution in [0.25, 0.3) is 11.0 Å². The second-order valence-electron chi connectivity index (χ2n) is 6.16. The van der Waals surface area contributed by atoms with Gasteiger partial charge in [-0.2, -0.15) is 0 Å². The van der Waals surface area contributed by atoms with Crippen LogP contribution in [0.2, 0.25) is 0 Å². The Morgan fingerprint density at radius 3 is 2.91 bits per heavy atom. The molecule has 1 aliphatic heterocycles. The van der Waals surface area contributed by atoms with Crippen molar-refractivity contribution in [3.63, 3.8) is 0 Å². The summed E-state index contributed by atoms with van der Waals surface area (Å²) in [5, 5.41) is 9.33. The summed E-state index contributed by atoms with van der Waals surface area (Å²) < 4.78 is 0. The number of nitrogens with zero attached hydrogens (tertiary/aromatic N) is 2. The number of hydrogen-bond donors (Lipinski definition) is 2. The van der Waals surface area contributed by atoms with E-state index in [0.717, 1.165) is 11.0 Å². The molecule has 1 aliphatic rings. The van der Waals surface area contributed by atoms with Crippen LogP contribution in [0.4, 0.5) is 0 Å². The maximum absolute atomic E-state index is 12.4. The summed E-state index contributed by atoms with van der Waals surface area (Å²) in [5.41, 5.74) is 0.889. The molecule has 6 nitrogen and oxygen atoms in total. The standard InChI is InChI=1S/C16H19N3O3/c1-16(15(21)22)7-4-8-19(10-16)14(20)9-13-17-11-5-2-3-6-12(11)18-13/h2-3,5-6H,4,7-10H2,1H3,(H,17,18)(H,21,22)/t16-/m1/s1. The Morgan fingerprint density at radius 2 is 2.18 bits per heavy atom. The van der Waals surface area contributed by atoms with Gasteiger partial charge in [0.2, 0.25) is 5.91 Å². The molecule has 22 heavy (non-hydrogen) atoms. The minimum atomic E-state index is -0.845. The first kappa shape index (κ1) is 14.6. The summed E-state index contributed by atoms with van der Waals surface area (Å²) >= 11 is 0. The number of carbonyl (C=O) groups excluding carboxylic acids is 1. The number of rotatable bonds is 3. The van der Waals surface area contributed by atoms with Crippen LogP contribution >= 0.6 is 0 Å². The number of carboxylic acids is 1. The summed E-state index contributed by atoms with van der Waals surface area (Å²) in [6.45, 7) is 2.58. The third-order valence-corrected chi connectivity index (χ3v) is 4.32. The predicted octanol–water partition coefficient (Wildman–Crippen LogP) is 1.82. The molecule has 0 bridgehead atoms. The number of piperidine rings is 1. The minimum Gasteiger partial charge on any atom is -0.481 e. The number of fused-ring (bicyclic) bond motifs is 1. The lowest BCUT2D eigenvalue weighted by Crippen LogP contribution is -2.48. The summed E-state index contributed by atoms with van der Waals surface area (Å²) in [6, 6.07) is 7.62. The molecule has 0 spiro atoms. The smallest absolute Gasteiger partial charge is 0.311 e. The Hall–Kier alpha value is -2.37. The van der Waals surface area contributed by atoms with Gasteiger partial charge < -0.3 is 15.0 Å². The highest BCUT2D eigenvalue weighted by Crippen LogP contribution is 2.30. The quantitative estimate of drug-likeness (QED) is 0.905. The van der Waals surface area contributed by atoms with Gasteiger partial charge in [-0.05, 0) is 31.9 Å². The van der Waals surface area contributed by atoms with Gasteiger partial charge in [0.1, 0.15) is 5.82 Å². The van der Waals surface area contributed by atoms with E-state index < -0.39 is 11.4 Å². The molecule has 1 atom stereocenters. The molecule has 6 heteroatoms. The summed E-state index contributed by atoms with van der Waals surface area (Å²) in [5.74, 6) is -0.297. The van der Waals surface area contributed by atoms with Crippen LogP contribution in [-0.4, -0.2) is 44.9 Å². The number of carboxylic acid groups (broad SMARTS) is 1. The van der Waals surface area contributed by atoms with Crippen LogP contribution in [-0.2, 0) is 16.0 Å². The van der Waals surface area contributed by atoms with E-state index in [-0.39, 0.29) is 18.9 Å². The number of hydrogen-bond acceptors (Lipinski definition) is 3. The molecule has 1 saturated heterocycles. The Labute approximate surface area is 128 Å². The van der Waals surface area contributed by atoms with Gasteiger partial charge >= 0.3 is 5.97 Å². The monoisotopic (exact) mass is 301 g/mol. The van der Waals surface area contributed by atoms with Crippen LogP contribution < -0.4 is 0 Å². The van der Waals surface area contributed by atoms with Crippen LogP contribution in [0.3, 0.4) is 0 Å². The topological polar surface area (TPSA) is 86.3 Å². The van der Waals surface area contributed by atoms with Gasteiger partial charge in [-0.3, -0.25) is 9.59 Å². The molecule has 116 valence electrons.